The summed E-state index contributed by atoms with van der Waals surface area (Å²) in [4.78, 5) is 0. The molecule has 3 rings (SSSR count). The standard InChI is InChI=1S/C25H22F3NO/c1-3-5-6-15-7-9-16(10-8-15)21-19(4-2)23(27)24(28)25(30)22(21)17-11-12-18(14-29)20(26)13-17/h7-13,30H,3-6H2,1-2H3. The minimum absolute atomic E-state index is 0.00967. The third-order valence-corrected chi connectivity index (χ3v) is 5.25. The first kappa shape index (κ1) is 21.4. The van der Waals surface area contributed by atoms with Gasteiger partial charge in [0.25, 0.3) is 0 Å². The summed E-state index contributed by atoms with van der Waals surface area (Å²) in [7, 11) is 0. The van der Waals surface area contributed by atoms with E-state index in [1.165, 1.54) is 12.1 Å². The fraction of sp³-hybridized carbons (Fsp3) is 0.240. The summed E-state index contributed by atoms with van der Waals surface area (Å²) in [6.07, 6.45) is 3.20. The molecule has 1 N–H and O–H groups in total. The molecule has 0 fully saturated rings. The van der Waals surface area contributed by atoms with Crippen LogP contribution in [0.2, 0.25) is 0 Å². The number of phenolic OH excluding ortho intramolecular Hbond substituents is 1. The van der Waals surface area contributed by atoms with Crippen LogP contribution in [0, 0.1) is 28.8 Å². The van der Waals surface area contributed by atoms with E-state index in [1.54, 1.807) is 25.1 Å². The predicted molar refractivity (Wildman–Crippen MR) is 112 cm³/mol. The van der Waals surface area contributed by atoms with Crippen LogP contribution in [-0.4, -0.2) is 5.11 Å². The summed E-state index contributed by atoms with van der Waals surface area (Å²) in [5.41, 5.74) is 2.15. The molecular formula is C25H22F3NO. The van der Waals surface area contributed by atoms with Crippen LogP contribution in [0.1, 0.15) is 43.4 Å². The van der Waals surface area contributed by atoms with Crippen molar-refractivity contribution in [2.24, 2.45) is 0 Å². The highest BCUT2D eigenvalue weighted by atomic mass is 19.2. The Morgan fingerprint density at radius 3 is 2.13 bits per heavy atom. The molecule has 0 aliphatic carbocycles. The Bertz CT molecular complexity index is 1110. The summed E-state index contributed by atoms with van der Waals surface area (Å²) in [6, 6.07) is 12.9. The number of rotatable bonds is 6. The van der Waals surface area contributed by atoms with Crippen LogP contribution >= 0.6 is 0 Å². The second kappa shape index (κ2) is 9.04. The molecule has 0 amide bonds. The minimum atomic E-state index is -1.37. The number of nitriles is 1. The van der Waals surface area contributed by atoms with Crippen LogP contribution < -0.4 is 0 Å². The smallest absolute Gasteiger partial charge is 0.201 e. The van der Waals surface area contributed by atoms with Gasteiger partial charge in [0.2, 0.25) is 5.82 Å². The van der Waals surface area contributed by atoms with Gasteiger partial charge in [-0.05, 0) is 59.2 Å². The van der Waals surface area contributed by atoms with Crippen LogP contribution in [0.3, 0.4) is 0 Å². The lowest BCUT2D eigenvalue weighted by Gasteiger charge is -2.19. The maximum absolute atomic E-state index is 14.7. The van der Waals surface area contributed by atoms with Crippen molar-refractivity contribution in [3.63, 3.8) is 0 Å². The van der Waals surface area contributed by atoms with Crippen LogP contribution in [0.25, 0.3) is 22.3 Å². The van der Waals surface area contributed by atoms with Gasteiger partial charge >= 0.3 is 0 Å². The molecule has 0 aliphatic heterocycles. The minimum Gasteiger partial charge on any atom is -0.504 e. The topological polar surface area (TPSA) is 44.0 Å². The van der Waals surface area contributed by atoms with Gasteiger partial charge in [0.05, 0.1) is 5.56 Å². The second-order valence-corrected chi connectivity index (χ2v) is 7.17. The SMILES string of the molecule is CCCCc1ccc(-c2c(CC)c(F)c(F)c(O)c2-c2ccc(C#N)c(F)c2)cc1. The maximum atomic E-state index is 14.7. The Hall–Kier alpha value is -3.26. The number of nitrogens with zero attached hydrogens (tertiary/aromatic N) is 1. The van der Waals surface area contributed by atoms with E-state index in [0.717, 1.165) is 30.9 Å². The monoisotopic (exact) mass is 409 g/mol. The third kappa shape index (κ3) is 3.91. The first-order chi connectivity index (χ1) is 14.4. The lowest BCUT2D eigenvalue weighted by molar-refractivity contribution is 0.406. The van der Waals surface area contributed by atoms with E-state index in [2.05, 4.69) is 6.92 Å². The molecule has 5 heteroatoms. The van der Waals surface area contributed by atoms with Gasteiger partial charge in [-0.25, -0.2) is 8.78 Å². The molecule has 2 nitrogen and oxygen atoms in total. The van der Waals surface area contributed by atoms with E-state index in [4.69, 9.17) is 5.26 Å². The van der Waals surface area contributed by atoms with Gasteiger partial charge in [-0.3, -0.25) is 0 Å². The number of hydrogen-bond donors (Lipinski definition) is 1. The normalized spacial score (nSPS) is 10.8. The molecule has 0 saturated heterocycles. The largest absolute Gasteiger partial charge is 0.504 e. The van der Waals surface area contributed by atoms with Crippen molar-refractivity contribution in [1.29, 1.82) is 5.26 Å². The Kier molecular flexibility index (Phi) is 6.47. The van der Waals surface area contributed by atoms with E-state index < -0.39 is 23.2 Å². The van der Waals surface area contributed by atoms with Crippen LogP contribution in [0.15, 0.2) is 42.5 Å². The molecule has 0 aromatic heterocycles. The van der Waals surface area contributed by atoms with Crippen molar-refractivity contribution in [2.75, 3.05) is 0 Å². The number of unbranched alkanes of at least 4 members (excludes halogenated alkanes) is 1. The summed E-state index contributed by atoms with van der Waals surface area (Å²) < 4.78 is 43.5. The first-order valence-electron chi connectivity index (χ1n) is 9.94. The molecule has 0 spiro atoms. The quantitative estimate of drug-likeness (QED) is 0.480. The summed E-state index contributed by atoms with van der Waals surface area (Å²) in [5, 5.41) is 19.4. The zero-order chi connectivity index (χ0) is 21.8. The number of halogens is 3. The van der Waals surface area contributed by atoms with Gasteiger partial charge in [0.1, 0.15) is 11.9 Å². The lowest BCUT2D eigenvalue weighted by atomic mass is 9.87. The van der Waals surface area contributed by atoms with E-state index in [0.29, 0.717) is 11.1 Å². The summed E-state index contributed by atoms with van der Waals surface area (Å²) >= 11 is 0. The van der Waals surface area contributed by atoms with Gasteiger partial charge in [0, 0.05) is 5.56 Å². The number of aromatic hydroxyl groups is 1. The average molecular weight is 409 g/mol. The Labute approximate surface area is 174 Å². The van der Waals surface area contributed by atoms with Gasteiger partial charge in [-0.15, -0.1) is 0 Å². The van der Waals surface area contributed by atoms with Crippen LogP contribution in [0.5, 0.6) is 5.75 Å². The van der Waals surface area contributed by atoms with E-state index in [9.17, 15) is 18.3 Å². The van der Waals surface area contributed by atoms with Gasteiger partial charge in [0.15, 0.2) is 11.6 Å². The van der Waals surface area contributed by atoms with Crippen molar-refractivity contribution in [3.05, 3.63) is 76.6 Å². The van der Waals surface area contributed by atoms with Crippen LogP contribution in [-0.2, 0) is 12.8 Å². The van der Waals surface area contributed by atoms with Gasteiger partial charge < -0.3 is 5.11 Å². The van der Waals surface area contributed by atoms with Crippen molar-refractivity contribution in [1.82, 2.24) is 0 Å². The number of phenols is 1. The van der Waals surface area contributed by atoms with E-state index in [1.807, 2.05) is 12.1 Å². The van der Waals surface area contributed by atoms with Crippen molar-refractivity contribution >= 4 is 0 Å². The third-order valence-electron chi connectivity index (χ3n) is 5.25. The molecule has 154 valence electrons. The number of aryl methyl sites for hydroxylation is 1. The molecule has 0 unspecified atom stereocenters. The molecule has 0 aliphatic rings. The lowest BCUT2D eigenvalue weighted by Crippen LogP contribution is -2.02. The molecule has 0 heterocycles. The Morgan fingerprint density at radius 1 is 0.900 bits per heavy atom. The first-order valence-corrected chi connectivity index (χ1v) is 9.94. The van der Waals surface area contributed by atoms with Crippen molar-refractivity contribution < 1.29 is 18.3 Å². The van der Waals surface area contributed by atoms with E-state index in [-0.39, 0.29) is 28.7 Å². The molecule has 0 atom stereocenters. The molecule has 30 heavy (non-hydrogen) atoms. The van der Waals surface area contributed by atoms with Crippen molar-refractivity contribution in [2.45, 2.75) is 39.5 Å². The fourth-order valence-corrected chi connectivity index (χ4v) is 3.64. The Balaban J connectivity index is 2.28. The molecule has 3 aromatic carbocycles. The number of benzene rings is 3. The summed E-state index contributed by atoms with van der Waals surface area (Å²) in [6.45, 7) is 3.80. The fourth-order valence-electron chi connectivity index (χ4n) is 3.64. The zero-order valence-electron chi connectivity index (χ0n) is 16.9. The highest BCUT2D eigenvalue weighted by Crippen LogP contribution is 2.44. The van der Waals surface area contributed by atoms with Crippen LogP contribution in [0.4, 0.5) is 13.2 Å². The average Bonchev–Trinajstić information content (AvgIpc) is 2.76. The molecule has 0 radical (unpaired) electrons. The van der Waals surface area contributed by atoms with Crippen molar-refractivity contribution in [3.8, 4) is 34.1 Å². The molecular weight excluding hydrogens is 387 g/mol. The molecule has 0 saturated carbocycles. The van der Waals surface area contributed by atoms with Gasteiger partial charge in [-0.2, -0.15) is 9.65 Å². The zero-order valence-corrected chi connectivity index (χ0v) is 16.9. The summed E-state index contributed by atoms with van der Waals surface area (Å²) in [5.74, 6) is -4.15. The number of hydrogen-bond acceptors (Lipinski definition) is 2. The molecule has 0 bridgehead atoms. The highest BCUT2D eigenvalue weighted by molar-refractivity contribution is 5.90. The van der Waals surface area contributed by atoms with E-state index >= 15 is 0 Å². The second-order valence-electron chi connectivity index (χ2n) is 7.17. The highest BCUT2D eigenvalue weighted by Gasteiger charge is 2.26. The maximum Gasteiger partial charge on any atom is 0.201 e. The Morgan fingerprint density at radius 2 is 1.57 bits per heavy atom. The molecule has 3 aromatic rings. The van der Waals surface area contributed by atoms with Gasteiger partial charge in [-0.1, -0.05) is 50.6 Å². The predicted octanol–water partition coefficient (Wildman–Crippen LogP) is 6.92.